The fraction of sp³-hybridized carbons (Fsp3) is 0.0714. The van der Waals surface area contributed by atoms with E-state index >= 15 is 0 Å². The molecule has 2 heterocycles. The third-order valence-corrected chi connectivity index (χ3v) is 3.28. The number of para-hydroxylation sites is 2. The number of alkyl halides is 3. The maximum atomic E-state index is 12.7. The summed E-state index contributed by atoms with van der Waals surface area (Å²) in [5.41, 5.74) is 3.35. The summed E-state index contributed by atoms with van der Waals surface area (Å²) in [6.07, 6.45) is -4.49. The quantitative estimate of drug-likeness (QED) is 0.506. The number of imidazole rings is 1. The van der Waals surface area contributed by atoms with Crippen molar-refractivity contribution in [1.29, 1.82) is 0 Å². The van der Waals surface area contributed by atoms with Crippen molar-refractivity contribution in [2.24, 2.45) is 0 Å². The standard InChI is InChI=1S/C14H7F3N4/c15-14(16,17)13-20-11-5-9-10(6-12(11)21-13)19-8-4-2-1-3-7(8)18-9/h1-6,18H/p+1. The van der Waals surface area contributed by atoms with E-state index in [1.165, 1.54) is 0 Å². The van der Waals surface area contributed by atoms with E-state index in [9.17, 15) is 13.2 Å². The molecule has 0 unspecified atom stereocenters. The number of rotatable bonds is 0. The molecule has 0 spiro atoms. The first-order chi connectivity index (χ1) is 10.0. The Bertz CT molecular complexity index is 916. The lowest BCUT2D eigenvalue weighted by Gasteiger charge is -2.00. The van der Waals surface area contributed by atoms with E-state index in [0.29, 0.717) is 16.6 Å². The number of hydrogen-bond acceptors (Lipinski definition) is 2. The predicted octanol–water partition coefficient (Wildman–Crippen LogP) is 3.10. The van der Waals surface area contributed by atoms with Crippen LogP contribution >= 0.6 is 0 Å². The predicted molar refractivity (Wildman–Crippen MR) is 70.5 cm³/mol. The lowest BCUT2D eigenvalue weighted by atomic mass is 10.2. The molecular formula is C14H8F3N4+. The van der Waals surface area contributed by atoms with Crippen LogP contribution in [-0.4, -0.2) is 15.0 Å². The molecule has 7 heteroatoms. The van der Waals surface area contributed by atoms with Crippen molar-refractivity contribution in [3.63, 3.8) is 0 Å². The molecule has 0 saturated carbocycles. The zero-order valence-electron chi connectivity index (χ0n) is 10.5. The zero-order valence-corrected chi connectivity index (χ0v) is 10.5. The molecule has 0 aliphatic rings. The lowest BCUT2D eigenvalue weighted by Crippen LogP contribution is -2.18. The monoisotopic (exact) mass is 289 g/mol. The number of halogens is 3. The molecule has 0 aliphatic heterocycles. The Kier molecular flexibility index (Phi) is 2.25. The molecule has 2 aromatic carbocycles. The van der Waals surface area contributed by atoms with E-state index in [0.717, 1.165) is 11.0 Å². The first kappa shape index (κ1) is 12.1. The fourth-order valence-corrected chi connectivity index (χ4v) is 2.32. The highest BCUT2D eigenvalue weighted by Gasteiger charge is 2.43. The summed E-state index contributed by atoms with van der Waals surface area (Å²) in [5.74, 6) is -1.00. The molecule has 2 aromatic heterocycles. The van der Waals surface area contributed by atoms with Crippen LogP contribution in [0.1, 0.15) is 5.82 Å². The smallest absolute Gasteiger partial charge is 0.352 e. The van der Waals surface area contributed by atoms with Gasteiger partial charge in [0.05, 0.1) is 22.1 Å². The summed E-state index contributed by atoms with van der Waals surface area (Å²) in [4.78, 5) is 13.5. The van der Waals surface area contributed by atoms with Crippen molar-refractivity contribution in [2.45, 2.75) is 6.18 Å². The van der Waals surface area contributed by atoms with Crippen LogP contribution in [0.5, 0.6) is 0 Å². The minimum atomic E-state index is -4.49. The van der Waals surface area contributed by atoms with E-state index in [1.807, 2.05) is 24.3 Å². The second kappa shape index (κ2) is 3.91. The van der Waals surface area contributed by atoms with Crippen LogP contribution in [0.3, 0.4) is 0 Å². The van der Waals surface area contributed by atoms with Crippen LogP contribution in [0, 0.1) is 0 Å². The molecule has 4 nitrogen and oxygen atoms in total. The molecule has 0 fully saturated rings. The van der Waals surface area contributed by atoms with Gasteiger partial charge in [-0.05, 0) is 17.1 Å². The second-order valence-corrected chi connectivity index (χ2v) is 4.72. The maximum Gasteiger partial charge on any atom is 0.499 e. The van der Waals surface area contributed by atoms with E-state index < -0.39 is 12.0 Å². The van der Waals surface area contributed by atoms with Gasteiger partial charge in [0.2, 0.25) is 5.52 Å². The van der Waals surface area contributed by atoms with Gasteiger partial charge in [0.15, 0.2) is 5.52 Å². The maximum absolute atomic E-state index is 12.7. The number of benzene rings is 2. The average molecular weight is 289 g/mol. The van der Waals surface area contributed by atoms with E-state index in [2.05, 4.69) is 19.9 Å². The first-order valence-electron chi connectivity index (χ1n) is 6.19. The van der Waals surface area contributed by atoms with Crippen LogP contribution in [-0.2, 0) is 6.18 Å². The van der Waals surface area contributed by atoms with Crippen LogP contribution < -0.4 is 4.98 Å². The molecule has 0 radical (unpaired) electrons. The number of hydrogen-bond donors (Lipinski definition) is 1. The summed E-state index contributed by atoms with van der Waals surface area (Å²) in [6.45, 7) is 0. The van der Waals surface area contributed by atoms with Crippen LogP contribution in [0.4, 0.5) is 13.2 Å². The van der Waals surface area contributed by atoms with Crippen molar-refractivity contribution >= 4 is 33.1 Å². The molecule has 0 amide bonds. The molecule has 0 aliphatic carbocycles. The van der Waals surface area contributed by atoms with Crippen molar-refractivity contribution in [3.8, 4) is 0 Å². The Labute approximate surface area is 115 Å². The number of aromatic amines is 2. The third kappa shape index (κ3) is 1.89. The summed E-state index contributed by atoms with van der Waals surface area (Å²) in [7, 11) is 0. The summed E-state index contributed by atoms with van der Waals surface area (Å²) < 4.78 is 38.1. The van der Waals surface area contributed by atoms with E-state index in [4.69, 9.17) is 0 Å². The molecule has 0 bridgehead atoms. The summed E-state index contributed by atoms with van der Waals surface area (Å²) in [6, 6.07) is 10.5. The SMILES string of the molecule is FC(F)(F)c1nc2cc3[nH]c4ccccc4nc3cc2[nH+]1. The minimum Gasteiger partial charge on any atom is -0.352 e. The van der Waals surface area contributed by atoms with Crippen molar-refractivity contribution in [1.82, 2.24) is 15.0 Å². The Morgan fingerprint density at radius 2 is 1.71 bits per heavy atom. The van der Waals surface area contributed by atoms with Crippen LogP contribution in [0.25, 0.3) is 33.1 Å². The fourth-order valence-electron chi connectivity index (χ4n) is 2.32. The number of fused-ring (bicyclic) bond motifs is 3. The summed E-state index contributed by atoms with van der Waals surface area (Å²) >= 11 is 0. The van der Waals surface area contributed by atoms with Crippen LogP contribution in [0.15, 0.2) is 36.4 Å². The lowest BCUT2D eigenvalue weighted by molar-refractivity contribution is -0.400. The van der Waals surface area contributed by atoms with Gasteiger partial charge in [-0.2, -0.15) is 13.2 Å². The van der Waals surface area contributed by atoms with E-state index in [1.54, 1.807) is 12.1 Å². The Morgan fingerprint density at radius 1 is 0.905 bits per heavy atom. The number of H-pyrrole nitrogens is 2. The largest absolute Gasteiger partial charge is 0.499 e. The average Bonchev–Trinajstić information content (AvgIpc) is 2.85. The van der Waals surface area contributed by atoms with Crippen LogP contribution in [0.2, 0.25) is 0 Å². The molecular weight excluding hydrogens is 281 g/mol. The number of aromatic nitrogens is 4. The number of nitrogens with zero attached hydrogens (tertiary/aromatic N) is 2. The normalized spacial score (nSPS) is 12.5. The highest BCUT2D eigenvalue weighted by molar-refractivity contribution is 5.93. The van der Waals surface area contributed by atoms with Gasteiger partial charge in [-0.3, -0.25) is 0 Å². The highest BCUT2D eigenvalue weighted by Crippen LogP contribution is 2.27. The molecule has 0 atom stereocenters. The number of nitrogens with one attached hydrogen (secondary N) is 2. The molecule has 0 saturated heterocycles. The second-order valence-electron chi connectivity index (χ2n) is 4.72. The molecule has 4 rings (SSSR count). The van der Waals surface area contributed by atoms with Gasteiger partial charge in [-0.15, -0.1) is 0 Å². The third-order valence-electron chi connectivity index (χ3n) is 3.28. The van der Waals surface area contributed by atoms with Crippen molar-refractivity contribution in [3.05, 3.63) is 42.2 Å². The van der Waals surface area contributed by atoms with Gasteiger partial charge in [0.25, 0.3) is 0 Å². The zero-order chi connectivity index (χ0) is 14.6. The Morgan fingerprint density at radius 3 is 2.52 bits per heavy atom. The van der Waals surface area contributed by atoms with Crippen molar-refractivity contribution in [2.75, 3.05) is 0 Å². The van der Waals surface area contributed by atoms with Gasteiger partial charge in [0, 0.05) is 12.1 Å². The Hall–Kier alpha value is -2.70. The minimum absolute atomic E-state index is 0.253. The Balaban J connectivity index is 2.05. The molecule has 104 valence electrons. The summed E-state index contributed by atoms with van der Waals surface area (Å²) in [5, 5.41) is 0. The van der Waals surface area contributed by atoms with E-state index in [-0.39, 0.29) is 5.52 Å². The molecule has 21 heavy (non-hydrogen) atoms. The first-order valence-corrected chi connectivity index (χ1v) is 6.19. The van der Waals surface area contributed by atoms with Gasteiger partial charge in [-0.25, -0.2) is 9.97 Å². The van der Waals surface area contributed by atoms with Gasteiger partial charge < -0.3 is 4.98 Å². The van der Waals surface area contributed by atoms with Crippen molar-refractivity contribution < 1.29 is 18.2 Å². The van der Waals surface area contributed by atoms with Gasteiger partial charge in [-0.1, -0.05) is 12.1 Å². The molecule has 2 N–H and O–H groups in total. The topological polar surface area (TPSA) is 55.7 Å². The highest BCUT2D eigenvalue weighted by atomic mass is 19.4. The van der Waals surface area contributed by atoms with Gasteiger partial charge in [0.1, 0.15) is 0 Å². The molecule has 4 aromatic rings. The van der Waals surface area contributed by atoms with Gasteiger partial charge >= 0.3 is 12.0 Å².